The van der Waals surface area contributed by atoms with Gasteiger partial charge in [0.25, 0.3) is 11.1 Å². The van der Waals surface area contributed by atoms with Crippen molar-refractivity contribution in [3.05, 3.63) is 70.1 Å². The molecule has 1 fully saturated rings. The summed E-state index contributed by atoms with van der Waals surface area (Å²) in [4.78, 5) is 37.0. The number of esters is 1. The average molecular weight is 408 g/mol. The molecule has 1 saturated heterocycles. The second-order valence-electron chi connectivity index (χ2n) is 5.94. The Balaban J connectivity index is 1.80. The highest BCUT2D eigenvalue weighted by Crippen LogP contribution is 2.34. The van der Waals surface area contributed by atoms with E-state index < -0.39 is 23.7 Å². The molecule has 1 aliphatic heterocycles. The van der Waals surface area contributed by atoms with Crippen LogP contribution in [0.5, 0.6) is 5.75 Å². The minimum atomic E-state index is -0.673. The molecule has 0 spiro atoms. The summed E-state index contributed by atoms with van der Waals surface area (Å²) in [5, 5.41) is 8.66. The zero-order valence-electron chi connectivity index (χ0n) is 15.5. The minimum absolute atomic E-state index is 0.179. The van der Waals surface area contributed by atoms with Crippen molar-refractivity contribution < 1.29 is 23.9 Å². The fourth-order valence-corrected chi connectivity index (χ4v) is 3.44. The van der Waals surface area contributed by atoms with Gasteiger partial charge in [-0.25, -0.2) is 0 Å². The molecule has 29 heavy (non-hydrogen) atoms. The fourth-order valence-electron chi connectivity index (χ4n) is 2.61. The molecular formula is C21H16N2O5S. The first-order valence-corrected chi connectivity index (χ1v) is 9.37. The first-order chi connectivity index (χ1) is 14.0. The maximum atomic E-state index is 12.5. The van der Waals surface area contributed by atoms with Crippen molar-refractivity contribution >= 4 is 35.0 Å². The van der Waals surface area contributed by atoms with E-state index in [9.17, 15) is 19.6 Å². The van der Waals surface area contributed by atoms with E-state index in [2.05, 4.69) is 10.8 Å². The second-order valence-corrected chi connectivity index (χ2v) is 6.93. The average Bonchev–Trinajstić information content (AvgIpc) is 3.00. The van der Waals surface area contributed by atoms with Gasteiger partial charge in [-0.15, -0.1) is 0 Å². The molecule has 0 N–H and O–H groups in total. The van der Waals surface area contributed by atoms with Gasteiger partial charge in [-0.2, -0.15) is 5.26 Å². The zero-order chi connectivity index (χ0) is 20.8. The van der Waals surface area contributed by atoms with E-state index in [0.717, 1.165) is 22.2 Å². The lowest BCUT2D eigenvalue weighted by molar-refractivity contribution is -0.143. The van der Waals surface area contributed by atoms with Gasteiger partial charge >= 0.3 is 5.97 Å². The molecule has 1 heterocycles. The lowest BCUT2D eigenvalue weighted by Crippen LogP contribution is -2.34. The third-order valence-corrected chi connectivity index (χ3v) is 5.02. The van der Waals surface area contributed by atoms with Gasteiger partial charge < -0.3 is 9.47 Å². The number of ether oxygens (including phenoxy) is 2. The third-order valence-electron chi connectivity index (χ3n) is 4.12. The number of thioether (sulfide) groups is 1. The number of hydrogen-bond donors (Lipinski definition) is 0. The van der Waals surface area contributed by atoms with E-state index >= 15 is 0 Å². The number of rotatable bonds is 6. The topological polar surface area (TPSA) is 96.7 Å². The summed E-state index contributed by atoms with van der Waals surface area (Å²) in [5.41, 5.74) is 1.86. The Kier molecular flexibility index (Phi) is 6.32. The van der Waals surface area contributed by atoms with Gasteiger partial charge in [0.2, 0.25) is 0 Å². The highest BCUT2D eigenvalue weighted by Gasteiger charge is 2.36. The summed E-state index contributed by atoms with van der Waals surface area (Å²) in [6.07, 6.45) is 1.55. The van der Waals surface area contributed by atoms with E-state index in [1.807, 2.05) is 6.07 Å². The summed E-state index contributed by atoms with van der Waals surface area (Å²) in [7, 11) is 1.19. The quantitative estimate of drug-likeness (QED) is 0.534. The first kappa shape index (κ1) is 20.2. The Morgan fingerprint density at radius 2 is 1.90 bits per heavy atom. The van der Waals surface area contributed by atoms with Gasteiger partial charge in [0.15, 0.2) is 0 Å². The van der Waals surface area contributed by atoms with Crippen molar-refractivity contribution in [2.24, 2.45) is 0 Å². The predicted molar refractivity (Wildman–Crippen MR) is 107 cm³/mol. The van der Waals surface area contributed by atoms with E-state index in [4.69, 9.17) is 4.74 Å². The number of imide groups is 1. The van der Waals surface area contributed by atoms with Crippen molar-refractivity contribution in [1.82, 2.24) is 4.90 Å². The lowest BCUT2D eigenvalue weighted by atomic mass is 10.1. The molecular weight excluding hydrogens is 392 g/mol. The smallest absolute Gasteiger partial charge is 0.325 e. The summed E-state index contributed by atoms with van der Waals surface area (Å²) in [6, 6.07) is 16.3. The molecule has 0 bridgehead atoms. The number of methoxy groups -OCH3 is 1. The number of carbonyl (C=O) groups excluding carboxylic acids is 3. The van der Waals surface area contributed by atoms with Crippen LogP contribution in [0.1, 0.15) is 16.7 Å². The van der Waals surface area contributed by atoms with Gasteiger partial charge in [0.05, 0.1) is 23.6 Å². The van der Waals surface area contributed by atoms with Crippen molar-refractivity contribution in [2.75, 3.05) is 13.7 Å². The fraction of sp³-hybridized carbons (Fsp3) is 0.143. The first-order valence-electron chi connectivity index (χ1n) is 8.55. The number of para-hydroxylation sites is 1. The molecule has 2 amide bonds. The highest BCUT2D eigenvalue weighted by molar-refractivity contribution is 8.18. The molecule has 146 valence electrons. The molecule has 7 nitrogen and oxygen atoms in total. The van der Waals surface area contributed by atoms with Crippen LogP contribution in [-0.2, 0) is 20.9 Å². The summed E-state index contributed by atoms with van der Waals surface area (Å²) < 4.78 is 10.4. The standard InChI is InChI=1S/C21H16N2O5S/c1-27-19(24)12-23-20(25)18(29-21(23)26)10-14-6-4-5-9-17(14)28-13-16-8-3-2-7-15(16)11-22/h2-10H,12-13H2,1H3/b18-10+. The Bertz CT molecular complexity index is 1040. The maximum Gasteiger partial charge on any atom is 0.325 e. The SMILES string of the molecule is COC(=O)CN1C(=O)S/C(=C/c2ccccc2OCc2ccccc2C#N)C1=O. The normalized spacial score (nSPS) is 14.8. The molecule has 0 atom stereocenters. The summed E-state index contributed by atoms with van der Waals surface area (Å²) >= 11 is 0.750. The molecule has 0 aromatic heterocycles. The van der Waals surface area contributed by atoms with Crippen LogP contribution in [0.4, 0.5) is 4.79 Å². The summed E-state index contributed by atoms with van der Waals surface area (Å²) in [5.74, 6) is -0.733. The van der Waals surface area contributed by atoms with Gasteiger partial charge in [0, 0.05) is 11.1 Å². The Hall–Kier alpha value is -3.57. The van der Waals surface area contributed by atoms with Gasteiger partial charge in [-0.3, -0.25) is 19.3 Å². The minimum Gasteiger partial charge on any atom is -0.488 e. The van der Waals surface area contributed by atoms with Crippen LogP contribution >= 0.6 is 11.8 Å². The Morgan fingerprint density at radius 1 is 1.17 bits per heavy atom. The zero-order valence-corrected chi connectivity index (χ0v) is 16.3. The van der Waals surface area contributed by atoms with E-state index in [0.29, 0.717) is 16.9 Å². The molecule has 0 radical (unpaired) electrons. The molecule has 2 aromatic rings. The third kappa shape index (κ3) is 4.65. The molecule has 8 heteroatoms. The van der Waals surface area contributed by atoms with Crippen molar-refractivity contribution in [1.29, 1.82) is 5.26 Å². The number of hydrogen-bond acceptors (Lipinski definition) is 7. The van der Waals surface area contributed by atoms with Crippen LogP contribution in [0.25, 0.3) is 6.08 Å². The summed E-state index contributed by atoms with van der Waals surface area (Å²) in [6.45, 7) is -0.250. The Labute approximate surface area is 171 Å². The molecule has 0 aliphatic carbocycles. The maximum absolute atomic E-state index is 12.5. The number of nitriles is 1. The number of amides is 2. The number of benzene rings is 2. The highest BCUT2D eigenvalue weighted by atomic mass is 32.2. The van der Waals surface area contributed by atoms with Crippen LogP contribution < -0.4 is 4.74 Å². The van der Waals surface area contributed by atoms with Crippen LogP contribution in [0.15, 0.2) is 53.4 Å². The lowest BCUT2D eigenvalue weighted by Gasteiger charge is -2.11. The van der Waals surface area contributed by atoms with Crippen molar-refractivity contribution in [2.45, 2.75) is 6.61 Å². The second kappa shape index (κ2) is 9.08. The van der Waals surface area contributed by atoms with Crippen molar-refractivity contribution in [3.8, 4) is 11.8 Å². The van der Waals surface area contributed by atoms with Crippen molar-refractivity contribution in [3.63, 3.8) is 0 Å². The van der Waals surface area contributed by atoms with Crippen LogP contribution in [0.3, 0.4) is 0 Å². The van der Waals surface area contributed by atoms with Crippen LogP contribution in [0, 0.1) is 11.3 Å². The Morgan fingerprint density at radius 3 is 2.66 bits per heavy atom. The molecule has 3 rings (SSSR count). The van der Waals surface area contributed by atoms with Crippen LogP contribution in [0.2, 0.25) is 0 Å². The molecule has 2 aromatic carbocycles. The van der Waals surface area contributed by atoms with Gasteiger partial charge in [0.1, 0.15) is 18.9 Å². The number of carbonyl (C=O) groups is 3. The van der Waals surface area contributed by atoms with E-state index in [-0.39, 0.29) is 11.5 Å². The number of nitrogens with zero attached hydrogens (tertiary/aromatic N) is 2. The molecule has 1 aliphatic rings. The van der Waals surface area contributed by atoms with E-state index in [1.54, 1.807) is 48.5 Å². The monoisotopic (exact) mass is 408 g/mol. The van der Waals surface area contributed by atoms with E-state index in [1.165, 1.54) is 7.11 Å². The molecule has 0 saturated carbocycles. The molecule has 0 unspecified atom stereocenters. The largest absolute Gasteiger partial charge is 0.488 e. The van der Waals surface area contributed by atoms with Gasteiger partial charge in [-0.05, 0) is 30.0 Å². The van der Waals surface area contributed by atoms with Crippen LogP contribution in [-0.4, -0.2) is 35.7 Å². The predicted octanol–water partition coefficient (Wildman–Crippen LogP) is 3.35. The van der Waals surface area contributed by atoms with Gasteiger partial charge in [-0.1, -0.05) is 36.4 Å².